The topological polar surface area (TPSA) is 51.8 Å². The zero-order chi connectivity index (χ0) is 8.97. The summed E-state index contributed by atoms with van der Waals surface area (Å²) < 4.78 is 0. The first-order chi connectivity index (χ1) is 5.77. The van der Waals surface area contributed by atoms with E-state index in [1.54, 1.807) is 0 Å². The Balaban J connectivity index is 2.87. The van der Waals surface area contributed by atoms with Crippen LogP contribution in [0.3, 0.4) is 0 Å². The lowest BCUT2D eigenvalue weighted by molar-refractivity contribution is 0.864. The highest BCUT2D eigenvalue weighted by Crippen LogP contribution is 2.04. The molecule has 0 aliphatic heterocycles. The van der Waals surface area contributed by atoms with Gasteiger partial charge in [0.05, 0.1) is 0 Å². The first-order valence-electron chi connectivity index (χ1n) is 4.29. The Kier molecular flexibility index (Phi) is 3.17. The number of aryl methyl sites for hydroxylation is 2. The number of rotatable bonds is 3. The van der Waals surface area contributed by atoms with E-state index < -0.39 is 0 Å². The maximum Gasteiger partial charge on any atom is 0.128 e. The quantitative estimate of drug-likeness (QED) is 0.722. The molecule has 3 nitrogen and oxygen atoms in total. The molecule has 0 spiro atoms. The van der Waals surface area contributed by atoms with Gasteiger partial charge in [-0.3, -0.25) is 0 Å². The van der Waals surface area contributed by atoms with Gasteiger partial charge in [0.1, 0.15) is 5.82 Å². The smallest absolute Gasteiger partial charge is 0.128 e. The van der Waals surface area contributed by atoms with E-state index in [9.17, 15) is 0 Å². The van der Waals surface area contributed by atoms with Gasteiger partial charge in [0.2, 0.25) is 0 Å². The van der Waals surface area contributed by atoms with E-state index in [1.807, 2.05) is 13.1 Å². The van der Waals surface area contributed by atoms with Crippen molar-refractivity contribution in [3.05, 3.63) is 23.3 Å². The second kappa shape index (κ2) is 4.16. The summed E-state index contributed by atoms with van der Waals surface area (Å²) in [7, 11) is 0. The lowest BCUT2D eigenvalue weighted by Crippen LogP contribution is -2.07. The zero-order valence-electron chi connectivity index (χ0n) is 7.67. The van der Waals surface area contributed by atoms with Crippen molar-refractivity contribution in [1.29, 1.82) is 0 Å². The highest BCUT2D eigenvalue weighted by molar-refractivity contribution is 5.16. The van der Waals surface area contributed by atoms with E-state index in [0.717, 1.165) is 29.9 Å². The Bertz CT molecular complexity index is 258. The molecule has 1 aromatic heterocycles. The van der Waals surface area contributed by atoms with Crippen molar-refractivity contribution in [2.24, 2.45) is 5.73 Å². The molecule has 1 aromatic rings. The Labute approximate surface area is 73.0 Å². The minimum absolute atomic E-state index is 0.662. The maximum absolute atomic E-state index is 5.44. The van der Waals surface area contributed by atoms with Gasteiger partial charge in [-0.25, -0.2) is 9.97 Å². The van der Waals surface area contributed by atoms with Crippen LogP contribution in [-0.4, -0.2) is 16.5 Å². The first-order valence-corrected chi connectivity index (χ1v) is 4.29. The van der Waals surface area contributed by atoms with Crippen LogP contribution in [0.15, 0.2) is 6.20 Å². The Morgan fingerprint density at radius 1 is 1.50 bits per heavy atom. The molecular weight excluding hydrogens is 150 g/mol. The Hall–Kier alpha value is -0.960. The molecule has 1 heterocycles. The summed E-state index contributed by atoms with van der Waals surface area (Å²) in [4.78, 5) is 8.55. The molecule has 3 heteroatoms. The van der Waals surface area contributed by atoms with Gasteiger partial charge in [0.15, 0.2) is 0 Å². The van der Waals surface area contributed by atoms with E-state index in [2.05, 4.69) is 16.9 Å². The monoisotopic (exact) mass is 165 g/mol. The SMILES string of the molecule is CCc1ncc(CCN)c(C)n1. The normalized spacial score (nSPS) is 10.2. The molecule has 0 amide bonds. The molecule has 66 valence electrons. The number of hydrogen-bond acceptors (Lipinski definition) is 3. The fraction of sp³-hybridized carbons (Fsp3) is 0.556. The van der Waals surface area contributed by atoms with Crippen LogP contribution in [0.2, 0.25) is 0 Å². The molecule has 0 aliphatic carbocycles. The summed E-state index contributed by atoms with van der Waals surface area (Å²) in [6.45, 7) is 4.72. The van der Waals surface area contributed by atoms with Gasteiger partial charge < -0.3 is 5.73 Å². The third kappa shape index (κ3) is 2.01. The molecular formula is C9H15N3. The van der Waals surface area contributed by atoms with Crippen molar-refractivity contribution in [2.75, 3.05) is 6.54 Å². The van der Waals surface area contributed by atoms with Gasteiger partial charge in [0, 0.05) is 18.3 Å². The molecule has 12 heavy (non-hydrogen) atoms. The van der Waals surface area contributed by atoms with E-state index >= 15 is 0 Å². The van der Waals surface area contributed by atoms with Crippen LogP contribution in [0.1, 0.15) is 24.0 Å². The summed E-state index contributed by atoms with van der Waals surface area (Å²) >= 11 is 0. The van der Waals surface area contributed by atoms with Gasteiger partial charge >= 0.3 is 0 Å². The Morgan fingerprint density at radius 3 is 2.75 bits per heavy atom. The maximum atomic E-state index is 5.44. The third-order valence-corrected chi connectivity index (χ3v) is 1.86. The number of nitrogens with two attached hydrogens (primary N) is 1. The summed E-state index contributed by atoms with van der Waals surface area (Å²) in [5.41, 5.74) is 7.67. The standard InChI is InChI=1S/C9H15N3/c1-3-9-11-6-8(4-5-10)7(2)12-9/h6H,3-5,10H2,1-2H3. The summed E-state index contributed by atoms with van der Waals surface area (Å²) in [6, 6.07) is 0. The minimum Gasteiger partial charge on any atom is -0.330 e. The Morgan fingerprint density at radius 2 is 2.25 bits per heavy atom. The predicted molar refractivity (Wildman–Crippen MR) is 48.9 cm³/mol. The van der Waals surface area contributed by atoms with Crippen LogP contribution in [0.25, 0.3) is 0 Å². The van der Waals surface area contributed by atoms with Crippen LogP contribution < -0.4 is 5.73 Å². The number of hydrogen-bond donors (Lipinski definition) is 1. The van der Waals surface area contributed by atoms with E-state index in [-0.39, 0.29) is 0 Å². The lowest BCUT2D eigenvalue weighted by atomic mass is 10.2. The van der Waals surface area contributed by atoms with Crippen LogP contribution in [0, 0.1) is 6.92 Å². The van der Waals surface area contributed by atoms with Gasteiger partial charge in [-0.15, -0.1) is 0 Å². The predicted octanol–water partition coefficient (Wildman–Crippen LogP) is 0.849. The van der Waals surface area contributed by atoms with E-state index in [4.69, 9.17) is 5.73 Å². The summed E-state index contributed by atoms with van der Waals surface area (Å²) in [6.07, 6.45) is 3.65. The van der Waals surface area contributed by atoms with Crippen molar-refractivity contribution in [3.63, 3.8) is 0 Å². The van der Waals surface area contributed by atoms with Crippen molar-refractivity contribution in [3.8, 4) is 0 Å². The van der Waals surface area contributed by atoms with Crippen molar-refractivity contribution >= 4 is 0 Å². The second-order valence-corrected chi connectivity index (χ2v) is 2.79. The van der Waals surface area contributed by atoms with Crippen molar-refractivity contribution in [2.45, 2.75) is 26.7 Å². The number of nitrogens with zero attached hydrogens (tertiary/aromatic N) is 2. The van der Waals surface area contributed by atoms with Crippen molar-refractivity contribution < 1.29 is 0 Å². The number of aromatic nitrogens is 2. The van der Waals surface area contributed by atoms with Crippen LogP contribution >= 0.6 is 0 Å². The van der Waals surface area contributed by atoms with Gasteiger partial charge in [-0.2, -0.15) is 0 Å². The highest BCUT2D eigenvalue weighted by atomic mass is 14.9. The van der Waals surface area contributed by atoms with Crippen LogP contribution in [-0.2, 0) is 12.8 Å². The summed E-state index contributed by atoms with van der Waals surface area (Å²) in [5.74, 6) is 0.910. The fourth-order valence-corrected chi connectivity index (χ4v) is 1.11. The molecule has 0 saturated heterocycles. The van der Waals surface area contributed by atoms with Crippen LogP contribution in [0.5, 0.6) is 0 Å². The lowest BCUT2D eigenvalue weighted by Gasteiger charge is -2.03. The van der Waals surface area contributed by atoms with Gasteiger partial charge in [0.25, 0.3) is 0 Å². The molecule has 0 bridgehead atoms. The van der Waals surface area contributed by atoms with Gasteiger partial charge in [-0.05, 0) is 25.5 Å². The van der Waals surface area contributed by atoms with Crippen molar-refractivity contribution in [1.82, 2.24) is 9.97 Å². The van der Waals surface area contributed by atoms with E-state index in [0.29, 0.717) is 6.54 Å². The van der Waals surface area contributed by atoms with Gasteiger partial charge in [-0.1, -0.05) is 6.92 Å². The average Bonchev–Trinajstić information content (AvgIpc) is 2.09. The molecule has 1 rings (SSSR count). The molecule has 2 N–H and O–H groups in total. The molecule has 0 aliphatic rings. The molecule has 0 atom stereocenters. The van der Waals surface area contributed by atoms with E-state index in [1.165, 1.54) is 0 Å². The molecule has 0 fully saturated rings. The van der Waals surface area contributed by atoms with Crippen LogP contribution in [0.4, 0.5) is 0 Å². The zero-order valence-corrected chi connectivity index (χ0v) is 7.67. The highest BCUT2D eigenvalue weighted by Gasteiger charge is 2.00. The summed E-state index contributed by atoms with van der Waals surface area (Å²) in [5, 5.41) is 0. The largest absolute Gasteiger partial charge is 0.330 e. The molecule has 0 aromatic carbocycles. The molecule has 0 saturated carbocycles. The molecule has 0 radical (unpaired) electrons. The molecule has 0 unspecified atom stereocenters. The average molecular weight is 165 g/mol. The first kappa shape index (κ1) is 9.13. The second-order valence-electron chi connectivity index (χ2n) is 2.79. The minimum atomic E-state index is 0.662. The fourth-order valence-electron chi connectivity index (χ4n) is 1.11. The third-order valence-electron chi connectivity index (χ3n) is 1.86.